The van der Waals surface area contributed by atoms with Gasteiger partial charge in [0.2, 0.25) is 0 Å². The highest BCUT2D eigenvalue weighted by Crippen LogP contribution is 2.34. The molecule has 1 heterocycles. The first-order valence-corrected chi connectivity index (χ1v) is 7.75. The number of hydrogen-bond donors (Lipinski definition) is 1. The molecule has 106 valence electrons. The predicted octanol–water partition coefficient (Wildman–Crippen LogP) is 2.27. The first-order valence-electron chi connectivity index (χ1n) is 7.75. The number of morpholine rings is 1. The third kappa shape index (κ3) is 2.89. The van der Waals surface area contributed by atoms with Crippen LogP contribution in [0.3, 0.4) is 0 Å². The van der Waals surface area contributed by atoms with Crippen molar-refractivity contribution in [2.75, 3.05) is 33.3 Å². The van der Waals surface area contributed by atoms with Crippen LogP contribution >= 0.6 is 0 Å². The van der Waals surface area contributed by atoms with E-state index in [-0.39, 0.29) is 0 Å². The zero-order valence-electron chi connectivity index (χ0n) is 12.4. The van der Waals surface area contributed by atoms with Crippen molar-refractivity contribution in [2.45, 2.75) is 58.1 Å². The quantitative estimate of drug-likeness (QED) is 0.787. The second-order valence-corrected chi connectivity index (χ2v) is 6.12. The number of rotatable bonds is 6. The summed E-state index contributed by atoms with van der Waals surface area (Å²) in [5.41, 5.74) is 0.444. The molecule has 0 spiro atoms. The molecule has 2 rings (SSSR count). The van der Waals surface area contributed by atoms with Crippen LogP contribution in [0.1, 0.15) is 46.0 Å². The molecule has 2 aliphatic rings. The second kappa shape index (κ2) is 6.36. The lowest BCUT2D eigenvalue weighted by atomic mass is 9.81. The van der Waals surface area contributed by atoms with Gasteiger partial charge >= 0.3 is 0 Å². The van der Waals surface area contributed by atoms with Crippen LogP contribution in [-0.4, -0.2) is 50.3 Å². The van der Waals surface area contributed by atoms with Crippen molar-refractivity contribution < 1.29 is 4.74 Å². The SMILES string of the molecule is CCC(CC)(CNC)CN1CCOC2CCCC21. The van der Waals surface area contributed by atoms with Crippen molar-refractivity contribution in [3.8, 4) is 0 Å². The van der Waals surface area contributed by atoms with Crippen molar-refractivity contribution in [2.24, 2.45) is 5.41 Å². The molecule has 0 radical (unpaired) electrons. The summed E-state index contributed by atoms with van der Waals surface area (Å²) in [5.74, 6) is 0. The molecular formula is C15H30N2O. The topological polar surface area (TPSA) is 24.5 Å². The van der Waals surface area contributed by atoms with Crippen LogP contribution in [0.5, 0.6) is 0 Å². The minimum absolute atomic E-state index is 0.444. The molecule has 0 bridgehead atoms. The number of nitrogens with one attached hydrogen (secondary N) is 1. The van der Waals surface area contributed by atoms with E-state index in [1.807, 2.05) is 0 Å². The third-order valence-corrected chi connectivity index (χ3v) is 5.19. The lowest BCUT2D eigenvalue weighted by Gasteiger charge is -2.44. The Labute approximate surface area is 112 Å². The molecule has 1 saturated carbocycles. The molecule has 2 atom stereocenters. The Morgan fingerprint density at radius 1 is 1.28 bits per heavy atom. The molecule has 0 aromatic rings. The summed E-state index contributed by atoms with van der Waals surface area (Å²) in [4.78, 5) is 2.73. The van der Waals surface area contributed by atoms with Gasteiger partial charge in [-0.3, -0.25) is 4.90 Å². The van der Waals surface area contributed by atoms with E-state index in [0.717, 1.165) is 19.7 Å². The Morgan fingerprint density at radius 3 is 2.72 bits per heavy atom. The van der Waals surface area contributed by atoms with Crippen molar-refractivity contribution in [3.05, 3.63) is 0 Å². The maximum atomic E-state index is 5.92. The maximum absolute atomic E-state index is 5.92. The van der Waals surface area contributed by atoms with Crippen LogP contribution in [0.15, 0.2) is 0 Å². The fraction of sp³-hybridized carbons (Fsp3) is 1.00. The van der Waals surface area contributed by atoms with Crippen LogP contribution in [0.25, 0.3) is 0 Å². The average molecular weight is 254 g/mol. The van der Waals surface area contributed by atoms with Gasteiger partial charge in [0.1, 0.15) is 0 Å². The average Bonchev–Trinajstić information content (AvgIpc) is 2.87. The fourth-order valence-electron chi connectivity index (χ4n) is 3.79. The largest absolute Gasteiger partial charge is 0.375 e. The summed E-state index contributed by atoms with van der Waals surface area (Å²) in [5, 5.41) is 3.40. The van der Waals surface area contributed by atoms with Gasteiger partial charge < -0.3 is 10.1 Å². The third-order valence-electron chi connectivity index (χ3n) is 5.19. The Balaban J connectivity index is 2.01. The van der Waals surface area contributed by atoms with Gasteiger partial charge in [0.15, 0.2) is 0 Å². The maximum Gasteiger partial charge on any atom is 0.0730 e. The van der Waals surface area contributed by atoms with Gasteiger partial charge in [0, 0.05) is 25.7 Å². The van der Waals surface area contributed by atoms with E-state index in [1.165, 1.54) is 38.6 Å². The molecule has 0 amide bonds. The minimum Gasteiger partial charge on any atom is -0.375 e. The van der Waals surface area contributed by atoms with E-state index in [2.05, 4.69) is 31.1 Å². The minimum atomic E-state index is 0.444. The van der Waals surface area contributed by atoms with Crippen molar-refractivity contribution in [1.82, 2.24) is 10.2 Å². The monoisotopic (exact) mass is 254 g/mol. The number of nitrogens with zero attached hydrogens (tertiary/aromatic N) is 1. The summed E-state index contributed by atoms with van der Waals surface area (Å²) in [7, 11) is 2.08. The highest BCUT2D eigenvalue weighted by molar-refractivity contribution is 4.93. The van der Waals surface area contributed by atoms with Crippen LogP contribution in [-0.2, 0) is 4.74 Å². The van der Waals surface area contributed by atoms with E-state index >= 15 is 0 Å². The van der Waals surface area contributed by atoms with Crippen LogP contribution in [0.2, 0.25) is 0 Å². The Morgan fingerprint density at radius 2 is 2.06 bits per heavy atom. The lowest BCUT2D eigenvalue weighted by Crippen LogP contribution is -2.53. The van der Waals surface area contributed by atoms with Gasteiger partial charge in [0.25, 0.3) is 0 Å². The highest BCUT2D eigenvalue weighted by Gasteiger charge is 2.39. The zero-order chi connectivity index (χ0) is 13.0. The molecular weight excluding hydrogens is 224 g/mol. The van der Waals surface area contributed by atoms with Gasteiger partial charge in [-0.15, -0.1) is 0 Å². The Hall–Kier alpha value is -0.120. The van der Waals surface area contributed by atoms with Crippen molar-refractivity contribution in [1.29, 1.82) is 0 Å². The van der Waals surface area contributed by atoms with Gasteiger partial charge in [-0.1, -0.05) is 13.8 Å². The number of fused-ring (bicyclic) bond motifs is 1. The second-order valence-electron chi connectivity index (χ2n) is 6.12. The van der Waals surface area contributed by atoms with Crippen LogP contribution < -0.4 is 5.32 Å². The van der Waals surface area contributed by atoms with Crippen molar-refractivity contribution in [3.63, 3.8) is 0 Å². The van der Waals surface area contributed by atoms with Gasteiger partial charge in [-0.2, -0.15) is 0 Å². The van der Waals surface area contributed by atoms with E-state index in [4.69, 9.17) is 4.74 Å². The molecule has 0 aromatic heterocycles. The Kier molecular flexibility index (Phi) is 5.05. The highest BCUT2D eigenvalue weighted by atomic mass is 16.5. The molecule has 1 N–H and O–H groups in total. The molecule has 0 aromatic carbocycles. The Bertz CT molecular complexity index is 253. The van der Waals surface area contributed by atoms with Crippen LogP contribution in [0, 0.1) is 5.41 Å². The smallest absolute Gasteiger partial charge is 0.0730 e. The van der Waals surface area contributed by atoms with E-state index in [9.17, 15) is 0 Å². The van der Waals surface area contributed by atoms with Crippen LogP contribution in [0.4, 0.5) is 0 Å². The van der Waals surface area contributed by atoms with Gasteiger partial charge in [-0.25, -0.2) is 0 Å². The van der Waals surface area contributed by atoms with Crippen molar-refractivity contribution >= 4 is 0 Å². The number of hydrogen-bond acceptors (Lipinski definition) is 3. The zero-order valence-corrected chi connectivity index (χ0v) is 12.4. The first kappa shape index (κ1) is 14.3. The molecule has 3 nitrogen and oxygen atoms in total. The molecule has 1 aliphatic carbocycles. The predicted molar refractivity (Wildman–Crippen MR) is 75.9 cm³/mol. The van der Waals surface area contributed by atoms with E-state index < -0.39 is 0 Å². The molecule has 1 saturated heterocycles. The normalized spacial score (nSPS) is 29.5. The summed E-state index contributed by atoms with van der Waals surface area (Å²) >= 11 is 0. The summed E-state index contributed by atoms with van der Waals surface area (Å²) in [6, 6.07) is 0.702. The standard InChI is InChI=1S/C15H30N2O/c1-4-15(5-2,11-16-3)12-17-9-10-18-14-8-6-7-13(14)17/h13-14,16H,4-12H2,1-3H3. The van der Waals surface area contributed by atoms with Gasteiger partial charge in [-0.05, 0) is 44.6 Å². The summed E-state index contributed by atoms with van der Waals surface area (Å²) < 4.78 is 5.92. The molecule has 3 heteroatoms. The van der Waals surface area contributed by atoms with Gasteiger partial charge in [0.05, 0.1) is 12.7 Å². The fourth-order valence-corrected chi connectivity index (χ4v) is 3.79. The molecule has 2 fully saturated rings. The summed E-state index contributed by atoms with van der Waals surface area (Å²) in [6.07, 6.45) is 7.02. The first-order chi connectivity index (χ1) is 8.74. The molecule has 2 unspecified atom stereocenters. The molecule has 1 aliphatic heterocycles. The summed E-state index contributed by atoms with van der Waals surface area (Å²) in [6.45, 7) is 9.12. The number of ether oxygens (including phenoxy) is 1. The molecule has 18 heavy (non-hydrogen) atoms. The van der Waals surface area contributed by atoms with E-state index in [0.29, 0.717) is 17.6 Å². The lowest BCUT2D eigenvalue weighted by molar-refractivity contribution is -0.0694. The van der Waals surface area contributed by atoms with E-state index in [1.54, 1.807) is 0 Å².